The Morgan fingerprint density at radius 3 is 2.79 bits per heavy atom. The van der Waals surface area contributed by atoms with Gasteiger partial charge in [0.1, 0.15) is 0 Å². The van der Waals surface area contributed by atoms with Crippen LogP contribution < -0.4 is 0 Å². The van der Waals surface area contributed by atoms with Crippen LogP contribution in [0, 0.1) is 0 Å². The molecule has 1 fully saturated rings. The normalized spacial score (nSPS) is 24.5. The maximum atomic E-state index is 12.5. The predicted molar refractivity (Wildman–Crippen MR) is 74.7 cm³/mol. The van der Waals surface area contributed by atoms with Gasteiger partial charge in [0.25, 0.3) is 10.0 Å². The molecule has 0 bridgehead atoms. The van der Waals surface area contributed by atoms with Crippen LogP contribution in [0.1, 0.15) is 13.8 Å². The number of imidazole rings is 1. The molecule has 1 unspecified atom stereocenters. The lowest BCUT2D eigenvalue weighted by atomic mass is 10.1. The van der Waals surface area contributed by atoms with Gasteiger partial charge in [0, 0.05) is 31.7 Å². The van der Waals surface area contributed by atoms with Gasteiger partial charge in [0.2, 0.25) is 0 Å². The van der Waals surface area contributed by atoms with Gasteiger partial charge in [-0.25, -0.2) is 13.4 Å². The van der Waals surface area contributed by atoms with E-state index in [0.29, 0.717) is 18.4 Å². The van der Waals surface area contributed by atoms with Crippen molar-refractivity contribution in [1.82, 2.24) is 13.9 Å². The van der Waals surface area contributed by atoms with Crippen LogP contribution in [0.4, 0.5) is 0 Å². The fourth-order valence-electron chi connectivity index (χ4n) is 2.16. The number of hydrogen-bond acceptors (Lipinski definition) is 4. The van der Waals surface area contributed by atoms with Crippen molar-refractivity contribution >= 4 is 26.0 Å². The van der Waals surface area contributed by atoms with E-state index in [1.54, 1.807) is 11.6 Å². The second-order valence-corrected chi connectivity index (χ2v) is 7.86. The third-order valence-corrected chi connectivity index (χ3v) is 5.33. The smallest absolute Gasteiger partial charge is 0.262 e. The van der Waals surface area contributed by atoms with Crippen molar-refractivity contribution in [3.05, 3.63) is 12.5 Å². The molecule has 19 heavy (non-hydrogen) atoms. The number of ether oxygens (including phenoxy) is 1. The minimum atomic E-state index is -3.55. The first-order chi connectivity index (χ1) is 8.74. The van der Waals surface area contributed by atoms with E-state index in [9.17, 15) is 8.42 Å². The van der Waals surface area contributed by atoms with Crippen molar-refractivity contribution in [3.63, 3.8) is 0 Å². The van der Waals surface area contributed by atoms with Gasteiger partial charge in [-0.3, -0.25) is 0 Å². The maximum Gasteiger partial charge on any atom is 0.262 e. The quantitative estimate of drug-likeness (QED) is 0.761. The van der Waals surface area contributed by atoms with Crippen molar-refractivity contribution in [1.29, 1.82) is 0 Å². The minimum absolute atomic E-state index is 0.0843. The molecule has 0 N–H and O–H groups in total. The lowest BCUT2D eigenvalue weighted by Crippen LogP contribution is -2.55. The van der Waals surface area contributed by atoms with Gasteiger partial charge in [0.15, 0.2) is 5.03 Å². The number of morpholine rings is 1. The van der Waals surface area contributed by atoms with E-state index in [2.05, 4.69) is 20.9 Å². The van der Waals surface area contributed by atoms with Crippen molar-refractivity contribution in [2.75, 3.05) is 18.4 Å². The van der Waals surface area contributed by atoms with Gasteiger partial charge >= 0.3 is 0 Å². The Balaban J connectivity index is 2.29. The standard InChI is InChI=1S/C11H18BrN3O3S/c1-11(2)7-15(5-9(4-12)18-11)19(16,17)10-6-14(3)8-13-10/h6,8-9H,4-5,7H2,1-3H3. The molecule has 6 nitrogen and oxygen atoms in total. The number of aryl methyl sites for hydroxylation is 1. The molecular weight excluding hydrogens is 334 g/mol. The van der Waals surface area contributed by atoms with Crippen molar-refractivity contribution in [3.8, 4) is 0 Å². The highest BCUT2D eigenvalue weighted by Gasteiger charge is 2.39. The van der Waals surface area contributed by atoms with E-state index in [1.165, 1.54) is 16.8 Å². The van der Waals surface area contributed by atoms with Crippen LogP contribution in [0.2, 0.25) is 0 Å². The van der Waals surface area contributed by atoms with Crippen molar-refractivity contribution in [2.45, 2.75) is 30.6 Å². The van der Waals surface area contributed by atoms with E-state index in [4.69, 9.17) is 4.74 Å². The van der Waals surface area contributed by atoms with Crippen LogP contribution in [0.3, 0.4) is 0 Å². The minimum Gasteiger partial charge on any atom is -0.369 e. The maximum absolute atomic E-state index is 12.5. The summed E-state index contributed by atoms with van der Waals surface area (Å²) in [5, 5.41) is 0.686. The summed E-state index contributed by atoms with van der Waals surface area (Å²) in [6.45, 7) is 4.45. The number of halogens is 1. The van der Waals surface area contributed by atoms with Crippen molar-refractivity contribution < 1.29 is 13.2 Å². The number of nitrogens with zero attached hydrogens (tertiary/aromatic N) is 3. The zero-order valence-electron chi connectivity index (χ0n) is 11.2. The number of sulfonamides is 1. The van der Waals surface area contributed by atoms with Gasteiger partial charge in [-0.15, -0.1) is 0 Å². The average molecular weight is 352 g/mol. The first kappa shape index (κ1) is 15.0. The van der Waals surface area contributed by atoms with E-state index in [0.717, 1.165) is 0 Å². The summed E-state index contributed by atoms with van der Waals surface area (Å²) in [5.41, 5.74) is -0.501. The molecule has 1 aromatic heterocycles. The van der Waals surface area contributed by atoms with Crippen LogP contribution in [0.15, 0.2) is 17.6 Å². The number of hydrogen-bond donors (Lipinski definition) is 0. The van der Waals surface area contributed by atoms with Crippen LogP contribution in [0.25, 0.3) is 0 Å². The fraction of sp³-hybridized carbons (Fsp3) is 0.727. The van der Waals surface area contributed by atoms with Crippen LogP contribution in [0.5, 0.6) is 0 Å². The monoisotopic (exact) mass is 351 g/mol. The van der Waals surface area contributed by atoms with Gasteiger partial charge in [-0.05, 0) is 13.8 Å². The zero-order valence-corrected chi connectivity index (χ0v) is 13.6. The molecule has 1 saturated heterocycles. The van der Waals surface area contributed by atoms with E-state index in [-0.39, 0.29) is 11.1 Å². The van der Waals surface area contributed by atoms with E-state index < -0.39 is 15.6 Å². The van der Waals surface area contributed by atoms with Gasteiger partial charge in [-0.2, -0.15) is 4.31 Å². The topological polar surface area (TPSA) is 64.4 Å². The summed E-state index contributed by atoms with van der Waals surface area (Å²) in [6.07, 6.45) is 2.85. The Hall–Kier alpha value is -0.440. The second-order valence-electron chi connectivity index (χ2n) is 5.33. The molecule has 2 rings (SSSR count). The third-order valence-electron chi connectivity index (χ3n) is 2.91. The number of aromatic nitrogens is 2. The first-order valence-corrected chi connectivity index (χ1v) is 8.53. The molecule has 1 aliphatic heterocycles. The van der Waals surface area contributed by atoms with Crippen molar-refractivity contribution in [2.24, 2.45) is 7.05 Å². The first-order valence-electron chi connectivity index (χ1n) is 5.96. The zero-order chi connectivity index (χ0) is 14.3. The summed E-state index contributed by atoms with van der Waals surface area (Å²) in [6, 6.07) is 0. The highest BCUT2D eigenvalue weighted by Crippen LogP contribution is 2.26. The molecule has 0 saturated carbocycles. The van der Waals surface area contributed by atoms with Crippen LogP contribution in [-0.2, 0) is 21.8 Å². The molecular formula is C11H18BrN3O3S. The molecule has 0 radical (unpaired) electrons. The Morgan fingerprint density at radius 1 is 1.58 bits per heavy atom. The van der Waals surface area contributed by atoms with Crippen LogP contribution in [-0.4, -0.2) is 52.4 Å². The highest BCUT2D eigenvalue weighted by molar-refractivity contribution is 9.09. The number of rotatable bonds is 3. The van der Waals surface area contributed by atoms with Crippen LogP contribution >= 0.6 is 15.9 Å². The molecule has 2 heterocycles. The fourth-order valence-corrected chi connectivity index (χ4v) is 4.08. The molecule has 1 aromatic rings. The van der Waals surface area contributed by atoms with Gasteiger partial charge in [0.05, 0.1) is 18.0 Å². The number of alkyl halides is 1. The largest absolute Gasteiger partial charge is 0.369 e. The van der Waals surface area contributed by atoms with Gasteiger partial charge in [-0.1, -0.05) is 15.9 Å². The predicted octanol–water partition coefficient (Wildman–Crippen LogP) is 0.983. The Morgan fingerprint density at radius 2 is 2.26 bits per heavy atom. The molecule has 0 amide bonds. The molecule has 0 spiro atoms. The third kappa shape index (κ3) is 3.18. The molecule has 108 valence electrons. The summed E-state index contributed by atoms with van der Waals surface area (Å²) < 4.78 is 33.9. The molecule has 0 aromatic carbocycles. The lowest BCUT2D eigenvalue weighted by Gasteiger charge is -2.41. The molecule has 1 atom stereocenters. The summed E-state index contributed by atoms with van der Waals surface area (Å²) in [5.74, 6) is 0. The lowest BCUT2D eigenvalue weighted by molar-refractivity contribution is -0.107. The second kappa shape index (κ2) is 5.16. The van der Waals surface area contributed by atoms with Gasteiger partial charge < -0.3 is 9.30 Å². The summed E-state index contributed by atoms with van der Waals surface area (Å²) >= 11 is 3.35. The Bertz CT molecular complexity index is 555. The Kier molecular flexibility index (Phi) is 4.06. The summed E-state index contributed by atoms with van der Waals surface area (Å²) in [7, 11) is -1.81. The SMILES string of the molecule is Cn1cnc(S(=O)(=O)N2CC(CBr)OC(C)(C)C2)c1. The van der Waals surface area contributed by atoms with E-state index >= 15 is 0 Å². The van der Waals surface area contributed by atoms with E-state index in [1.807, 2.05) is 13.8 Å². The molecule has 1 aliphatic rings. The molecule has 0 aliphatic carbocycles. The Labute approximate surface area is 121 Å². The molecule has 8 heteroatoms. The highest BCUT2D eigenvalue weighted by atomic mass is 79.9. The average Bonchev–Trinajstić information content (AvgIpc) is 2.74. The summed E-state index contributed by atoms with van der Waals surface area (Å²) in [4.78, 5) is 3.94.